The van der Waals surface area contributed by atoms with Crippen LogP contribution in [-0.4, -0.2) is 51.6 Å². The van der Waals surface area contributed by atoms with Gasteiger partial charge in [0.15, 0.2) is 0 Å². The highest BCUT2D eigenvalue weighted by atomic mass is 16.5. The van der Waals surface area contributed by atoms with Crippen LogP contribution < -0.4 is 0 Å². The molecule has 0 aliphatic heterocycles. The molecule has 0 fully saturated rings. The van der Waals surface area contributed by atoms with E-state index in [1.54, 1.807) is 6.20 Å². The van der Waals surface area contributed by atoms with Gasteiger partial charge in [-0.05, 0) is 49.9 Å². The fourth-order valence-electron chi connectivity index (χ4n) is 3.73. The quantitative estimate of drug-likeness (QED) is 0.529. The second-order valence-corrected chi connectivity index (χ2v) is 8.17. The summed E-state index contributed by atoms with van der Waals surface area (Å²) in [7, 11) is 1.87. The minimum absolute atomic E-state index is 0.0281. The second-order valence-electron chi connectivity index (χ2n) is 8.17. The third-order valence-electron chi connectivity index (χ3n) is 5.41. The van der Waals surface area contributed by atoms with Crippen molar-refractivity contribution in [1.82, 2.24) is 19.4 Å². The lowest BCUT2D eigenvalue weighted by Gasteiger charge is -2.29. The van der Waals surface area contributed by atoms with E-state index in [4.69, 9.17) is 4.74 Å². The van der Waals surface area contributed by atoms with Crippen LogP contribution in [0.2, 0.25) is 0 Å². The van der Waals surface area contributed by atoms with E-state index in [-0.39, 0.29) is 11.9 Å². The van der Waals surface area contributed by atoms with Crippen molar-refractivity contribution >= 4 is 16.9 Å². The van der Waals surface area contributed by atoms with Gasteiger partial charge in [0, 0.05) is 32.0 Å². The minimum atomic E-state index is 0.0281. The predicted octanol–water partition coefficient (Wildman–Crippen LogP) is 4.31. The van der Waals surface area contributed by atoms with Crippen molar-refractivity contribution in [2.24, 2.45) is 5.92 Å². The number of carbonyl (C=O) groups excluding carboxylic acids is 1. The van der Waals surface area contributed by atoms with Crippen molar-refractivity contribution in [2.75, 3.05) is 20.3 Å². The normalized spacial score (nSPS) is 12.5. The summed E-state index contributed by atoms with van der Waals surface area (Å²) in [6.07, 6.45) is 4.52. The highest BCUT2D eigenvalue weighted by molar-refractivity contribution is 5.94. The first-order valence-corrected chi connectivity index (χ1v) is 10.6. The number of aromatic nitrogens is 3. The number of nitrogens with zero attached hydrogens (tertiary/aromatic N) is 4. The summed E-state index contributed by atoms with van der Waals surface area (Å²) in [6.45, 7) is 10.2. The average Bonchev–Trinajstić information content (AvgIpc) is 3.05. The van der Waals surface area contributed by atoms with Crippen LogP contribution in [0.15, 0.2) is 42.7 Å². The molecular weight excluding hydrogens is 376 g/mol. The third kappa shape index (κ3) is 5.05. The van der Waals surface area contributed by atoms with Crippen molar-refractivity contribution in [2.45, 2.75) is 46.7 Å². The average molecular weight is 409 g/mol. The van der Waals surface area contributed by atoms with Crippen LogP contribution in [0.4, 0.5) is 0 Å². The fraction of sp³-hybridized carbons (Fsp3) is 0.458. The molecule has 0 aliphatic rings. The Bertz CT molecular complexity index is 979. The predicted molar refractivity (Wildman–Crippen MR) is 120 cm³/mol. The number of imidazole rings is 1. The first kappa shape index (κ1) is 22.0. The van der Waals surface area contributed by atoms with E-state index >= 15 is 0 Å². The summed E-state index contributed by atoms with van der Waals surface area (Å²) in [5, 5.41) is 0. The third-order valence-corrected chi connectivity index (χ3v) is 5.41. The topological polar surface area (TPSA) is 60.2 Å². The molecule has 1 atom stereocenters. The lowest BCUT2D eigenvalue weighted by atomic mass is 10.0. The summed E-state index contributed by atoms with van der Waals surface area (Å²) in [5.74, 6) is 1.47. The Morgan fingerprint density at radius 2 is 1.93 bits per heavy atom. The van der Waals surface area contributed by atoms with Gasteiger partial charge in [-0.1, -0.05) is 26.0 Å². The smallest absolute Gasteiger partial charge is 0.253 e. The SMILES string of the molecule is CCOC[C@H](CC(C)C)N(C)C(=O)c1ccc(Cn2c(C)nc3ccncc32)cc1. The first-order chi connectivity index (χ1) is 14.4. The van der Waals surface area contributed by atoms with Gasteiger partial charge < -0.3 is 14.2 Å². The number of carbonyl (C=O) groups is 1. The fourth-order valence-corrected chi connectivity index (χ4v) is 3.73. The monoisotopic (exact) mass is 408 g/mol. The summed E-state index contributed by atoms with van der Waals surface area (Å²) >= 11 is 0. The van der Waals surface area contributed by atoms with E-state index in [2.05, 4.69) is 28.4 Å². The Morgan fingerprint density at radius 3 is 2.60 bits per heavy atom. The molecule has 0 N–H and O–H groups in total. The zero-order valence-electron chi connectivity index (χ0n) is 18.6. The van der Waals surface area contributed by atoms with Gasteiger partial charge in [-0.2, -0.15) is 0 Å². The molecule has 6 nitrogen and oxygen atoms in total. The molecule has 3 aromatic rings. The Kier molecular flexibility index (Phi) is 7.21. The minimum Gasteiger partial charge on any atom is -0.380 e. The van der Waals surface area contributed by atoms with E-state index in [9.17, 15) is 4.79 Å². The molecule has 6 heteroatoms. The molecule has 0 aliphatic carbocycles. The van der Waals surface area contributed by atoms with E-state index in [1.807, 2.05) is 62.3 Å². The van der Waals surface area contributed by atoms with E-state index in [1.165, 1.54) is 0 Å². The summed E-state index contributed by atoms with van der Waals surface area (Å²) < 4.78 is 7.77. The molecule has 1 amide bonds. The standard InChI is InChI=1S/C24H32N4O2/c1-6-30-16-21(13-17(2)3)27(5)24(29)20-9-7-19(8-10-20)15-28-18(4)26-22-11-12-25-14-23(22)28/h7-12,14,17,21H,6,13,15-16H2,1-5H3/t21-/m0/s1. The van der Waals surface area contributed by atoms with Crippen molar-refractivity contribution in [3.8, 4) is 0 Å². The maximum Gasteiger partial charge on any atom is 0.253 e. The Hall–Kier alpha value is -2.73. The maximum atomic E-state index is 13.0. The lowest BCUT2D eigenvalue weighted by molar-refractivity contribution is 0.0483. The number of ether oxygens (including phenoxy) is 1. The van der Waals surface area contributed by atoms with Crippen LogP contribution in [-0.2, 0) is 11.3 Å². The van der Waals surface area contributed by atoms with E-state index in [0.29, 0.717) is 31.2 Å². The van der Waals surface area contributed by atoms with Gasteiger partial charge in [-0.15, -0.1) is 0 Å². The van der Waals surface area contributed by atoms with Gasteiger partial charge >= 0.3 is 0 Å². The van der Waals surface area contributed by atoms with Gasteiger partial charge in [0.1, 0.15) is 5.82 Å². The Morgan fingerprint density at radius 1 is 1.20 bits per heavy atom. The molecule has 3 rings (SSSR count). The number of hydrogen-bond acceptors (Lipinski definition) is 4. The van der Waals surface area contributed by atoms with Crippen molar-refractivity contribution < 1.29 is 9.53 Å². The largest absolute Gasteiger partial charge is 0.380 e. The molecule has 1 aromatic carbocycles. The van der Waals surface area contributed by atoms with Gasteiger partial charge in [-0.25, -0.2) is 4.98 Å². The van der Waals surface area contributed by atoms with Crippen molar-refractivity contribution in [1.29, 1.82) is 0 Å². The number of aryl methyl sites for hydroxylation is 1. The molecule has 2 heterocycles. The zero-order valence-corrected chi connectivity index (χ0v) is 18.6. The van der Waals surface area contributed by atoms with E-state index in [0.717, 1.165) is 28.8 Å². The Balaban J connectivity index is 1.74. The number of amides is 1. The number of hydrogen-bond donors (Lipinski definition) is 0. The number of fused-ring (bicyclic) bond motifs is 1. The highest BCUT2D eigenvalue weighted by Crippen LogP contribution is 2.18. The molecule has 0 saturated heterocycles. The number of rotatable bonds is 9. The number of pyridine rings is 1. The zero-order chi connectivity index (χ0) is 21.7. The molecule has 0 spiro atoms. The molecule has 0 unspecified atom stereocenters. The molecule has 0 bridgehead atoms. The van der Waals surface area contributed by atoms with Crippen LogP contribution in [0.25, 0.3) is 11.0 Å². The van der Waals surface area contributed by atoms with E-state index < -0.39 is 0 Å². The van der Waals surface area contributed by atoms with Gasteiger partial charge in [-0.3, -0.25) is 9.78 Å². The summed E-state index contributed by atoms with van der Waals surface area (Å²) in [4.78, 5) is 23.7. The highest BCUT2D eigenvalue weighted by Gasteiger charge is 2.22. The molecule has 0 saturated carbocycles. The number of benzene rings is 1. The van der Waals surface area contributed by atoms with Gasteiger partial charge in [0.25, 0.3) is 5.91 Å². The number of likely N-dealkylation sites (N-methyl/N-ethyl adjacent to an activating group) is 1. The van der Waals surface area contributed by atoms with Crippen molar-refractivity contribution in [3.05, 3.63) is 59.7 Å². The lowest BCUT2D eigenvalue weighted by Crippen LogP contribution is -2.41. The summed E-state index contributed by atoms with van der Waals surface area (Å²) in [6, 6.07) is 9.85. The second kappa shape index (κ2) is 9.85. The first-order valence-electron chi connectivity index (χ1n) is 10.6. The van der Waals surface area contributed by atoms with Crippen molar-refractivity contribution in [3.63, 3.8) is 0 Å². The van der Waals surface area contributed by atoms with Crippen LogP contribution in [0, 0.1) is 12.8 Å². The van der Waals surface area contributed by atoms with Gasteiger partial charge in [0.05, 0.1) is 29.9 Å². The molecule has 30 heavy (non-hydrogen) atoms. The van der Waals surface area contributed by atoms with Crippen LogP contribution in [0.3, 0.4) is 0 Å². The summed E-state index contributed by atoms with van der Waals surface area (Å²) in [5.41, 5.74) is 3.78. The Labute approximate surface area is 178 Å². The molecule has 0 radical (unpaired) electrons. The molecule has 2 aromatic heterocycles. The molecular formula is C24H32N4O2. The maximum absolute atomic E-state index is 13.0. The van der Waals surface area contributed by atoms with Gasteiger partial charge in [0.2, 0.25) is 0 Å². The van der Waals surface area contributed by atoms with Crippen LogP contribution in [0.1, 0.15) is 48.9 Å². The molecule has 160 valence electrons. The van der Waals surface area contributed by atoms with Crippen LogP contribution in [0.5, 0.6) is 0 Å². The van der Waals surface area contributed by atoms with Crippen LogP contribution >= 0.6 is 0 Å².